The quantitative estimate of drug-likeness (QED) is 0.933. The lowest BCUT2D eigenvalue weighted by Gasteiger charge is -2.28. The first kappa shape index (κ1) is 15.5. The predicted molar refractivity (Wildman–Crippen MR) is 82.3 cm³/mol. The normalized spacial score (nSPS) is 15.3. The molecule has 0 fully saturated rings. The van der Waals surface area contributed by atoms with Gasteiger partial charge in [-0.2, -0.15) is 0 Å². The Morgan fingerprint density at radius 1 is 1.04 bits per heavy atom. The number of fused-ring (bicyclic) bond motifs is 1. The summed E-state index contributed by atoms with van der Waals surface area (Å²) in [7, 11) is 0. The lowest BCUT2D eigenvalue weighted by molar-refractivity contribution is 0.0299. The van der Waals surface area contributed by atoms with Gasteiger partial charge < -0.3 is 10.1 Å². The second kappa shape index (κ2) is 6.36. The maximum Gasteiger partial charge on any atom is 0.408 e. The number of alkyl halides is 2. The number of hydrogen-bond donors (Lipinski definition) is 1. The molecule has 0 saturated heterocycles. The minimum Gasteiger partial charge on any atom is -0.445 e. The van der Waals surface area contributed by atoms with Crippen LogP contribution in [0.5, 0.6) is 0 Å². The fourth-order valence-electron chi connectivity index (χ4n) is 2.90. The number of carbonyl (C=O) groups is 1. The van der Waals surface area contributed by atoms with Crippen molar-refractivity contribution < 1.29 is 18.3 Å². The van der Waals surface area contributed by atoms with Crippen molar-refractivity contribution in [1.29, 1.82) is 0 Å². The average Bonchev–Trinajstić information content (AvgIpc) is 2.93. The summed E-state index contributed by atoms with van der Waals surface area (Å²) in [6, 6.07) is 16.4. The first-order valence-electron chi connectivity index (χ1n) is 7.43. The molecular formula is C18H17F2NO2. The highest BCUT2D eigenvalue weighted by molar-refractivity contribution is 5.69. The molecule has 0 spiro atoms. The molecule has 1 aliphatic carbocycles. The lowest BCUT2D eigenvalue weighted by atomic mass is 9.96. The SMILES string of the molecule is O=C(NC1(C(F)F)Cc2ccccc2C1)OCc1ccccc1. The number of alkyl carbamates (subject to hydrolysis) is 1. The van der Waals surface area contributed by atoms with Crippen LogP contribution in [0.4, 0.5) is 13.6 Å². The number of hydrogen-bond acceptors (Lipinski definition) is 2. The van der Waals surface area contributed by atoms with E-state index in [4.69, 9.17) is 4.74 Å². The number of rotatable bonds is 4. The van der Waals surface area contributed by atoms with Crippen molar-refractivity contribution in [2.24, 2.45) is 0 Å². The van der Waals surface area contributed by atoms with Crippen LogP contribution < -0.4 is 5.32 Å². The fraction of sp³-hybridized carbons (Fsp3) is 0.278. The zero-order valence-electron chi connectivity index (χ0n) is 12.5. The molecule has 0 atom stereocenters. The Hall–Kier alpha value is -2.43. The van der Waals surface area contributed by atoms with Gasteiger partial charge in [0.1, 0.15) is 12.1 Å². The van der Waals surface area contributed by atoms with Crippen LogP contribution in [0.15, 0.2) is 54.6 Å². The largest absolute Gasteiger partial charge is 0.445 e. The van der Waals surface area contributed by atoms with E-state index in [0.29, 0.717) is 0 Å². The predicted octanol–water partition coefficient (Wildman–Crippen LogP) is 3.72. The van der Waals surface area contributed by atoms with E-state index in [9.17, 15) is 13.6 Å². The highest BCUT2D eigenvalue weighted by atomic mass is 19.3. The van der Waals surface area contributed by atoms with Gasteiger partial charge in [-0.15, -0.1) is 0 Å². The van der Waals surface area contributed by atoms with Crippen LogP contribution in [0.25, 0.3) is 0 Å². The van der Waals surface area contributed by atoms with Crippen molar-refractivity contribution in [3.8, 4) is 0 Å². The minimum atomic E-state index is -2.67. The molecule has 5 heteroatoms. The van der Waals surface area contributed by atoms with Gasteiger partial charge in [0.2, 0.25) is 0 Å². The van der Waals surface area contributed by atoms with Gasteiger partial charge in [-0.25, -0.2) is 13.6 Å². The smallest absolute Gasteiger partial charge is 0.408 e. The molecule has 0 radical (unpaired) electrons. The first-order chi connectivity index (χ1) is 11.1. The molecule has 0 saturated carbocycles. The number of carbonyl (C=O) groups excluding carboxylic acids is 1. The van der Waals surface area contributed by atoms with Crippen LogP contribution in [-0.2, 0) is 24.2 Å². The standard InChI is InChI=1S/C18H17F2NO2/c19-16(20)18(10-14-8-4-5-9-15(14)11-18)21-17(22)23-12-13-6-2-1-3-7-13/h1-9,16H,10-12H2,(H,21,22). The topological polar surface area (TPSA) is 38.3 Å². The van der Waals surface area contributed by atoms with Gasteiger partial charge in [0.25, 0.3) is 6.43 Å². The van der Waals surface area contributed by atoms with Crippen molar-refractivity contribution in [1.82, 2.24) is 5.32 Å². The summed E-state index contributed by atoms with van der Waals surface area (Å²) in [4.78, 5) is 12.0. The summed E-state index contributed by atoms with van der Waals surface area (Å²) >= 11 is 0. The number of amides is 1. The van der Waals surface area contributed by atoms with E-state index in [2.05, 4.69) is 5.32 Å². The minimum absolute atomic E-state index is 0.0545. The summed E-state index contributed by atoms with van der Waals surface area (Å²) in [6.07, 6.45) is -3.26. The molecule has 1 amide bonds. The Kier molecular flexibility index (Phi) is 4.28. The summed E-state index contributed by atoms with van der Waals surface area (Å²) in [5, 5.41) is 2.40. The van der Waals surface area contributed by atoms with Gasteiger partial charge in [0.05, 0.1) is 0 Å². The van der Waals surface area contributed by atoms with E-state index in [1.54, 1.807) is 0 Å². The summed E-state index contributed by atoms with van der Waals surface area (Å²) < 4.78 is 32.3. The molecule has 0 unspecified atom stereocenters. The van der Waals surface area contributed by atoms with E-state index in [0.717, 1.165) is 16.7 Å². The summed E-state index contributed by atoms with van der Waals surface area (Å²) in [5.41, 5.74) is 0.910. The van der Waals surface area contributed by atoms with Crippen LogP contribution in [0.1, 0.15) is 16.7 Å². The second-order valence-corrected chi connectivity index (χ2v) is 5.77. The summed E-state index contributed by atoms with van der Waals surface area (Å²) in [6.45, 7) is 0.0545. The maximum absolute atomic E-state index is 13.6. The molecule has 3 rings (SSSR count). The number of ether oxygens (including phenoxy) is 1. The Morgan fingerprint density at radius 3 is 2.17 bits per heavy atom. The molecule has 0 bridgehead atoms. The Bertz CT molecular complexity index is 663. The molecule has 1 aliphatic rings. The molecular weight excluding hydrogens is 300 g/mol. The van der Waals surface area contributed by atoms with E-state index < -0.39 is 18.1 Å². The van der Waals surface area contributed by atoms with Crippen LogP contribution in [0.2, 0.25) is 0 Å². The van der Waals surface area contributed by atoms with Crippen molar-refractivity contribution in [3.63, 3.8) is 0 Å². The van der Waals surface area contributed by atoms with Crippen molar-refractivity contribution in [2.75, 3.05) is 0 Å². The van der Waals surface area contributed by atoms with Crippen molar-refractivity contribution >= 4 is 6.09 Å². The Balaban J connectivity index is 1.66. The lowest BCUT2D eigenvalue weighted by Crippen LogP contribution is -2.54. The van der Waals surface area contributed by atoms with Crippen LogP contribution in [0.3, 0.4) is 0 Å². The van der Waals surface area contributed by atoms with Crippen LogP contribution in [0, 0.1) is 0 Å². The zero-order valence-corrected chi connectivity index (χ0v) is 12.5. The average molecular weight is 317 g/mol. The molecule has 1 N–H and O–H groups in total. The molecule has 3 nitrogen and oxygen atoms in total. The third-order valence-electron chi connectivity index (χ3n) is 4.11. The Labute approximate surface area is 133 Å². The van der Waals surface area contributed by atoms with Crippen LogP contribution >= 0.6 is 0 Å². The summed E-state index contributed by atoms with van der Waals surface area (Å²) in [5.74, 6) is 0. The highest BCUT2D eigenvalue weighted by Gasteiger charge is 2.46. The van der Waals surface area contributed by atoms with Gasteiger partial charge in [-0.3, -0.25) is 0 Å². The van der Waals surface area contributed by atoms with Crippen LogP contribution in [-0.4, -0.2) is 18.1 Å². The number of benzene rings is 2. The Morgan fingerprint density at radius 2 is 1.61 bits per heavy atom. The van der Waals surface area contributed by atoms with E-state index in [-0.39, 0.29) is 19.4 Å². The van der Waals surface area contributed by atoms with Gasteiger partial charge >= 0.3 is 6.09 Å². The third-order valence-corrected chi connectivity index (χ3v) is 4.11. The molecule has 2 aromatic rings. The molecule has 120 valence electrons. The maximum atomic E-state index is 13.6. The highest BCUT2D eigenvalue weighted by Crippen LogP contribution is 2.34. The van der Waals surface area contributed by atoms with Crippen molar-refractivity contribution in [2.45, 2.75) is 31.4 Å². The van der Waals surface area contributed by atoms with Gasteiger partial charge in [0, 0.05) is 12.8 Å². The van der Waals surface area contributed by atoms with E-state index >= 15 is 0 Å². The van der Waals surface area contributed by atoms with Crippen molar-refractivity contribution in [3.05, 3.63) is 71.3 Å². The zero-order chi connectivity index (χ0) is 16.3. The number of nitrogens with one attached hydrogen (secondary N) is 1. The molecule has 23 heavy (non-hydrogen) atoms. The molecule has 0 heterocycles. The molecule has 2 aromatic carbocycles. The second-order valence-electron chi connectivity index (χ2n) is 5.77. The first-order valence-corrected chi connectivity index (χ1v) is 7.43. The molecule has 0 aliphatic heterocycles. The van der Waals surface area contributed by atoms with Gasteiger partial charge in [-0.05, 0) is 16.7 Å². The third kappa shape index (κ3) is 3.33. The van der Waals surface area contributed by atoms with E-state index in [1.165, 1.54) is 0 Å². The monoisotopic (exact) mass is 317 g/mol. The van der Waals surface area contributed by atoms with Gasteiger partial charge in [-0.1, -0.05) is 54.6 Å². The fourth-order valence-corrected chi connectivity index (χ4v) is 2.90. The van der Waals surface area contributed by atoms with E-state index in [1.807, 2.05) is 54.6 Å². The number of halogens is 2. The van der Waals surface area contributed by atoms with Gasteiger partial charge in [0.15, 0.2) is 0 Å². The molecule has 0 aromatic heterocycles.